The zero-order valence-electron chi connectivity index (χ0n) is 13.4. The van der Waals surface area contributed by atoms with Crippen LogP contribution in [0.3, 0.4) is 0 Å². The van der Waals surface area contributed by atoms with Gasteiger partial charge < -0.3 is 31.1 Å². The Morgan fingerprint density at radius 1 is 1.24 bits per heavy atom. The van der Waals surface area contributed by atoms with E-state index < -0.39 is 18.1 Å². The number of imidazole rings is 1. The summed E-state index contributed by atoms with van der Waals surface area (Å²) in [6.07, 6.45) is 1.01. The van der Waals surface area contributed by atoms with Gasteiger partial charge in [-0.05, 0) is 6.42 Å². The van der Waals surface area contributed by atoms with Crippen LogP contribution < -0.4 is 11.5 Å². The maximum atomic E-state index is 12.2. The molecule has 0 saturated carbocycles. The second kappa shape index (κ2) is 6.51. The number of nitrogens with two attached hydrogens (primary N) is 2. The Morgan fingerprint density at radius 3 is 2.72 bits per heavy atom. The highest BCUT2D eigenvalue weighted by Crippen LogP contribution is 2.27. The number of hydrogen-bond donors (Lipinski definition) is 4. The number of nitrogens with zero attached hydrogens (tertiary/aromatic N) is 5. The molecule has 1 saturated heterocycles. The molecule has 1 aliphatic heterocycles. The van der Waals surface area contributed by atoms with Gasteiger partial charge in [-0.3, -0.25) is 9.59 Å². The van der Waals surface area contributed by atoms with Gasteiger partial charge in [-0.2, -0.15) is 9.97 Å². The van der Waals surface area contributed by atoms with Crippen LogP contribution >= 0.6 is 0 Å². The fourth-order valence-electron chi connectivity index (χ4n) is 2.99. The van der Waals surface area contributed by atoms with Gasteiger partial charge in [0.25, 0.3) is 0 Å². The number of carbonyl (C=O) groups is 2. The number of rotatable bonds is 5. The lowest BCUT2D eigenvalue weighted by Crippen LogP contribution is -2.29. The molecule has 11 heteroatoms. The van der Waals surface area contributed by atoms with Gasteiger partial charge in [-0.25, -0.2) is 4.98 Å². The highest BCUT2D eigenvalue weighted by molar-refractivity contribution is 5.83. The van der Waals surface area contributed by atoms with Crippen LogP contribution in [0.4, 0.5) is 11.8 Å². The number of fused-ring (bicyclic) bond motifs is 1. The molecular weight excluding hydrogens is 330 g/mol. The number of aliphatic carboxylic acids is 1. The standard InChI is InChI=1S/C14H19N7O4/c15-12-11-13(19-14(16)18-12)21(6-17-11)7-4-20(5-8(7)22)9(23)2-1-3-10(24)25/h6-8,22H,1-5H2,(H,24,25)(H4,15,16,18,19)/t7-,8-/m0/s1. The van der Waals surface area contributed by atoms with E-state index in [1.54, 1.807) is 4.57 Å². The van der Waals surface area contributed by atoms with Crippen LogP contribution in [0.25, 0.3) is 11.2 Å². The van der Waals surface area contributed by atoms with E-state index in [4.69, 9.17) is 16.6 Å². The average molecular weight is 349 g/mol. The molecule has 0 aliphatic carbocycles. The van der Waals surface area contributed by atoms with Crippen LogP contribution in [0.1, 0.15) is 25.3 Å². The van der Waals surface area contributed by atoms with Crippen LogP contribution in [0.15, 0.2) is 6.33 Å². The number of anilines is 2. The van der Waals surface area contributed by atoms with Crippen molar-refractivity contribution in [3.63, 3.8) is 0 Å². The van der Waals surface area contributed by atoms with Gasteiger partial charge in [-0.1, -0.05) is 0 Å². The number of carboxylic acids is 1. The molecule has 0 spiro atoms. The second-order valence-electron chi connectivity index (χ2n) is 5.97. The molecule has 2 aromatic rings. The molecule has 0 radical (unpaired) electrons. The molecule has 0 aromatic carbocycles. The van der Waals surface area contributed by atoms with E-state index in [2.05, 4.69) is 15.0 Å². The number of carbonyl (C=O) groups excluding carboxylic acids is 1. The molecule has 134 valence electrons. The first kappa shape index (κ1) is 16.9. The third-order valence-electron chi connectivity index (χ3n) is 4.22. The topological polar surface area (TPSA) is 173 Å². The smallest absolute Gasteiger partial charge is 0.303 e. The van der Waals surface area contributed by atoms with E-state index in [9.17, 15) is 14.7 Å². The number of aliphatic hydroxyl groups is 1. The maximum Gasteiger partial charge on any atom is 0.303 e. The van der Waals surface area contributed by atoms with E-state index in [-0.39, 0.29) is 50.0 Å². The normalized spacial score (nSPS) is 20.3. The van der Waals surface area contributed by atoms with Gasteiger partial charge in [-0.15, -0.1) is 0 Å². The van der Waals surface area contributed by atoms with Gasteiger partial charge in [0.05, 0.1) is 18.5 Å². The van der Waals surface area contributed by atoms with Crippen molar-refractivity contribution in [2.75, 3.05) is 24.6 Å². The predicted molar refractivity (Wildman–Crippen MR) is 87.3 cm³/mol. The Balaban J connectivity index is 1.76. The van der Waals surface area contributed by atoms with Crippen LogP contribution in [-0.2, 0) is 9.59 Å². The summed E-state index contributed by atoms with van der Waals surface area (Å²) >= 11 is 0. The van der Waals surface area contributed by atoms with E-state index >= 15 is 0 Å². The molecule has 3 rings (SSSR count). The van der Waals surface area contributed by atoms with E-state index in [1.165, 1.54) is 11.2 Å². The number of aliphatic hydroxyl groups excluding tert-OH is 1. The summed E-state index contributed by atoms with van der Waals surface area (Å²) in [6, 6.07) is -0.442. The van der Waals surface area contributed by atoms with Crippen LogP contribution in [-0.4, -0.2) is 65.7 Å². The van der Waals surface area contributed by atoms with Gasteiger partial charge in [0.1, 0.15) is 5.52 Å². The Bertz CT molecular complexity index is 821. The monoisotopic (exact) mass is 349 g/mol. The minimum Gasteiger partial charge on any atom is -0.481 e. The molecule has 2 atom stereocenters. The van der Waals surface area contributed by atoms with Crippen LogP contribution in [0.5, 0.6) is 0 Å². The quantitative estimate of drug-likeness (QED) is 0.527. The molecule has 1 amide bonds. The summed E-state index contributed by atoms with van der Waals surface area (Å²) < 4.78 is 1.64. The molecule has 0 unspecified atom stereocenters. The van der Waals surface area contributed by atoms with Crippen molar-refractivity contribution in [2.45, 2.75) is 31.4 Å². The zero-order valence-corrected chi connectivity index (χ0v) is 13.4. The summed E-state index contributed by atoms with van der Waals surface area (Å²) in [5.74, 6) is -0.982. The Labute approximate surface area is 142 Å². The number of likely N-dealkylation sites (tertiary alicyclic amines) is 1. The highest BCUT2D eigenvalue weighted by atomic mass is 16.4. The SMILES string of the molecule is Nc1nc(N)c2ncn([C@H]3CN(C(=O)CCCC(=O)O)C[C@@H]3O)c2n1. The van der Waals surface area contributed by atoms with Crippen molar-refractivity contribution in [3.8, 4) is 0 Å². The summed E-state index contributed by atoms with van der Waals surface area (Å²) in [7, 11) is 0. The van der Waals surface area contributed by atoms with Crippen molar-refractivity contribution in [1.82, 2.24) is 24.4 Å². The number of hydrogen-bond acceptors (Lipinski definition) is 8. The van der Waals surface area contributed by atoms with E-state index in [1.807, 2.05) is 0 Å². The summed E-state index contributed by atoms with van der Waals surface area (Å²) in [4.78, 5) is 36.4. The highest BCUT2D eigenvalue weighted by Gasteiger charge is 2.36. The van der Waals surface area contributed by atoms with Gasteiger partial charge in [0, 0.05) is 25.9 Å². The number of carboxylic acid groups (broad SMARTS) is 1. The Morgan fingerprint density at radius 2 is 2.00 bits per heavy atom. The molecule has 6 N–H and O–H groups in total. The van der Waals surface area contributed by atoms with Crippen molar-refractivity contribution >= 4 is 34.8 Å². The number of nitrogen functional groups attached to an aromatic ring is 2. The second-order valence-corrected chi connectivity index (χ2v) is 5.97. The van der Waals surface area contributed by atoms with Crippen LogP contribution in [0, 0.1) is 0 Å². The lowest BCUT2D eigenvalue weighted by atomic mass is 10.2. The molecular formula is C14H19N7O4. The van der Waals surface area contributed by atoms with Gasteiger partial charge in [0.2, 0.25) is 11.9 Å². The molecule has 1 aliphatic rings. The third-order valence-corrected chi connectivity index (χ3v) is 4.22. The van der Waals surface area contributed by atoms with Crippen molar-refractivity contribution in [1.29, 1.82) is 0 Å². The molecule has 0 bridgehead atoms. The minimum absolute atomic E-state index is 0.000778. The van der Waals surface area contributed by atoms with Gasteiger partial charge in [0.15, 0.2) is 11.5 Å². The Hall–Kier alpha value is -2.95. The minimum atomic E-state index is -0.938. The molecule has 3 heterocycles. The van der Waals surface area contributed by atoms with Crippen LogP contribution in [0.2, 0.25) is 0 Å². The van der Waals surface area contributed by atoms with Gasteiger partial charge >= 0.3 is 5.97 Å². The third kappa shape index (κ3) is 3.31. The molecule has 2 aromatic heterocycles. The average Bonchev–Trinajstić information content (AvgIpc) is 3.10. The molecule has 25 heavy (non-hydrogen) atoms. The number of amides is 1. The first-order valence-electron chi connectivity index (χ1n) is 7.80. The molecule has 1 fully saturated rings. The fourth-order valence-corrected chi connectivity index (χ4v) is 2.99. The van der Waals surface area contributed by atoms with Crippen molar-refractivity contribution < 1.29 is 19.8 Å². The predicted octanol–water partition coefficient (Wildman–Crippen LogP) is -1.01. The number of aromatic nitrogens is 4. The van der Waals surface area contributed by atoms with Crippen molar-refractivity contribution in [2.24, 2.45) is 0 Å². The summed E-state index contributed by atoms with van der Waals surface area (Å²) in [5.41, 5.74) is 12.2. The van der Waals surface area contributed by atoms with Crippen molar-refractivity contribution in [3.05, 3.63) is 6.33 Å². The maximum absolute atomic E-state index is 12.2. The summed E-state index contributed by atoms with van der Waals surface area (Å²) in [5, 5.41) is 19.0. The Kier molecular flexibility index (Phi) is 4.40. The van der Waals surface area contributed by atoms with E-state index in [0.717, 1.165) is 0 Å². The first-order valence-corrected chi connectivity index (χ1v) is 7.80. The summed E-state index contributed by atoms with van der Waals surface area (Å²) in [6.45, 7) is 0.425. The zero-order chi connectivity index (χ0) is 18.1. The lowest BCUT2D eigenvalue weighted by molar-refractivity contribution is -0.137. The fraction of sp³-hybridized carbons (Fsp3) is 0.500. The van der Waals surface area contributed by atoms with E-state index in [0.29, 0.717) is 11.2 Å². The lowest BCUT2D eigenvalue weighted by Gasteiger charge is -2.17. The number of β-amino-alcohol motifs (C(OH)–C–C–N with tert-alkyl or cyclic N) is 1. The largest absolute Gasteiger partial charge is 0.481 e. The first-order chi connectivity index (χ1) is 11.9. The molecule has 11 nitrogen and oxygen atoms in total.